The lowest BCUT2D eigenvalue weighted by Crippen LogP contribution is -2.53. The molecular formula is C29H28F3N5O2. The van der Waals surface area contributed by atoms with Crippen molar-refractivity contribution < 1.29 is 22.7 Å². The molecule has 202 valence electrons. The molecule has 0 unspecified atom stereocenters. The fourth-order valence-corrected chi connectivity index (χ4v) is 5.06. The average molecular weight is 536 g/mol. The molecule has 1 fully saturated rings. The number of amides is 1. The Hall–Kier alpha value is -4.34. The van der Waals surface area contributed by atoms with Crippen LogP contribution >= 0.6 is 0 Å². The van der Waals surface area contributed by atoms with E-state index in [0.29, 0.717) is 30.9 Å². The average Bonchev–Trinajstić information content (AvgIpc) is 3.34. The zero-order valence-corrected chi connectivity index (χ0v) is 21.9. The standard InChI is InChI=1S/C29H28F3N5O2/c1-18-17-35(20(3)21-8-6-5-7-9-21)14-15-36(18)28(38)24-16-33-37-26(29(30,31)32)19(2)25(34-27(24)37)22-10-12-23(39-4)13-11-22/h5-13,16,18H,3,14-15,17H2,1-2,4H3/t18-/m1/s1. The van der Waals surface area contributed by atoms with E-state index in [0.717, 1.165) is 15.8 Å². The first kappa shape index (κ1) is 26.3. The Balaban J connectivity index is 1.50. The van der Waals surface area contributed by atoms with Gasteiger partial charge in [-0.15, -0.1) is 0 Å². The first-order valence-electron chi connectivity index (χ1n) is 12.5. The summed E-state index contributed by atoms with van der Waals surface area (Å²) >= 11 is 0. The lowest BCUT2D eigenvalue weighted by atomic mass is 10.0. The number of carbonyl (C=O) groups excluding carboxylic acids is 1. The minimum Gasteiger partial charge on any atom is -0.497 e. The van der Waals surface area contributed by atoms with Crippen LogP contribution in [0.2, 0.25) is 0 Å². The molecule has 1 saturated heterocycles. The second-order valence-corrected chi connectivity index (χ2v) is 9.56. The molecule has 10 heteroatoms. The highest BCUT2D eigenvalue weighted by Gasteiger charge is 2.39. The molecule has 7 nitrogen and oxygen atoms in total. The summed E-state index contributed by atoms with van der Waals surface area (Å²) in [5.74, 6) is 0.157. The van der Waals surface area contributed by atoms with Crippen LogP contribution in [0.5, 0.6) is 5.75 Å². The van der Waals surface area contributed by atoms with Crippen molar-refractivity contribution in [2.75, 3.05) is 26.7 Å². The molecule has 5 rings (SSSR count). The van der Waals surface area contributed by atoms with E-state index in [9.17, 15) is 18.0 Å². The zero-order chi connectivity index (χ0) is 27.9. The number of halogens is 3. The van der Waals surface area contributed by atoms with Gasteiger partial charge in [-0.2, -0.15) is 18.3 Å². The van der Waals surface area contributed by atoms with E-state index in [4.69, 9.17) is 4.74 Å². The van der Waals surface area contributed by atoms with Crippen molar-refractivity contribution in [3.8, 4) is 17.0 Å². The first-order chi connectivity index (χ1) is 18.6. The van der Waals surface area contributed by atoms with Gasteiger partial charge in [-0.05, 0) is 43.7 Å². The lowest BCUT2D eigenvalue weighted by molar-refractivity contribution is -0.143. The van der Waals surface area contributed by atoms with Gasteiger partial charge in [-0.25, -0.2) is 9.50 Å². The molecule has 4 aromatic rings. The van der Waals surface area contributed by atoms with Gasteiger partial charge in [0.15, 0.2) is 11.3 Å². The van der Waals surface area contributed by atoms with Crippen LogP contribution in [0.25, 0.3) is 22.6 Å². The third-order valence-electron chi connectivity index (χ3n) is 7.12. The Kier molecular flexibility index (Phi) is 6.80. The summed E-state index contributed by atoms with van der Waals surface area (Å²) in [7, 11) is 1.51. The van der Waals surface area contributed by atoms with Gasteiger partial charge in [0.05, 0.1) is 19.0 Å². The predicted molar refractivity (Wildman–Crippen MR) is 142 cm³/mol. The number of piperazine rings is 1. The van der Waals surface area contributed by atoms with Crippen LogP contribution < -0.4 is 4.74 Å². The van der Waals surface area contributed by atoms with Crippen molar-refractivity contribution in [1.82, 2.24) is 24.4 Å². The number of aromatic nitrogens is 3. The lowest BCUT2D eigenvalue weighted by Gasteiger charge is -2.41. The Bertz CT molecular complexity index is 1530. The van der Waals surface area contributed by atoms with Crippen molar-refractivity contribution >= 4 is 17.3 Å². The maximum absolute atomic E-state index is 14.3. The van der Waals surface area contributed by atoms with Gasteiger partial charge in [-0.1, -0.05) is 36.9 Å². The molecule has 2 aromatic carbocycles. The number of carbonyl (C=O) groups is 1. The third kappa shape index (κ3) is 4.82. The van der Waals surface area contributed by atoms with Crippen LogP contribution in [-0.2, 0) is 6.18 Å². The molecule has 0 spiro atoms. The van der Waals surface area contributed by atoms with E-state index in [1.807, 2.05) is 37.3 Å². The van der Waals surface area contributed by atoms with E-state index in [2.05, 4.69) is 21.6 Å². The minimum atomic E-state index is -4.71. The fourth-order valence-electron chi connectivity index (χ4n) is 5.06. The van der Waals surface area contributed by atoms with Crippen molar-refractivity contribution in [3.63, 3.8) is 0 Å². The van der Waals surface area contributed by atoms with Crippen LogP contribution in [0.1, 0.15) is 34.1 Å². The van der Waals surface area contributed by atoms with Gasteiger partial charge in [-0.3, -0.25) is 4.79 Å². The predicted octanol–water partition coefficient (Wildman–Crippen LogP) is 5.55. The van der Waals surface area contributed by atoms with Crippen molar-refractivity contribution in [2.24, 2.45) is 0 Å². The number of ether oxygens (including phenoxy) is 1. The third-order valence-corrected chi connectivity index (χ3v) is 7.12. The monoisotopic (exact) mass is 535 g/mol. The molecule has 1 aliphatic heterocycles. The molecular weight excluding hydrogens is 507 g/mol. The Morgan fingerprint density at radius 1 is 1.08 bits per heavy atom. The molecule has 0 N–H and O–H groups in total. The highest BCUT2D eigenvalue weighted by atomic mass is 19.4. The largest absolute Gasteiger partial charge is 0.497 e. The van der Waals surface area contributed by atoms with Gasteiger partial charge in [0, 0.05) is 42.5 Å². The highest BCUT2D eigenvalue weighted by Crippen LogP contribution is 2.37. The zero-order valence-electron chi connectivity index (χ0n) is 21.9. The Morgan fingerprint density at radius 2 is 1.77 bits per heavy atom. The summed E-state index contributed by atoms with van der Waals surface area (Å²) in [6, 6.07) is 16.2. The summed E-state index contributed by atoms with van der Waals surface area (Å²) in [5.41, 5.74) is 1.31. The van der Waals surface area contributed by atoms with Crippen LogP contribution in [-0.4, -0.2) is 63.1 Å². The maximum atomic E-state index is 14.3. The van der Waals surface area contributed by atoms with Gasteiger partial charge in [0.2, 0.25) is 0 Å². The van der Waals surface area contributed by atoms with E-state index >= 15 is 0 Å². The number of hydrogen-bond acceptors (Lipinski definition) is 5. The molecule has 0 bridgehead atoms. The molecule has 0 saturated carbocycles. The molecule has 0 radical (unpaired) electrons. The molecule has 0 aliphatic carbocycles. The van der Waals surface area contributed by atoms with Gasteiger partial charge in [0.25, 0.3) is 5.91 Å². The van der Waals surface area contributed by atoms with E-state index in [-0.39, 0.29) is 28.5 Å². The SMILES string of the molecule is C=C(c1ccccc1)N1CCN(C(=O)c2cnn3c(C(F)(F)F)c(C)c(-c4ccc(OC)cc4)nc23)[C@H](C)C1. The normalized spacial score (nSPS) is 16.0. The number of rotatable bonds is 5. The van der Waals surface area contributed by atoms with Gasteiger partial charge in [0.1, 0.15) is 11.3 Å². The highest BCUT2D eigenvalue weighted by molar-refractivity contribution is 6.00. The van der Waals surface area contributed by atoms with E-state index < -0.39 is 17.8 Å². The van der Waals surface area contributed by atoms with Crippen molar-refractivity contribution in [2.45, 2.75) is 26.1 Å². The fraction of sp³-hybridized carbons (Fsp3) is 0.276. The van der Waals surface area contributed by atoms with Crippen LogP contribution in [0.15, 0.2) is 67.4 Å². The van der Waals surface area contributed by atoms with Crippen LogP contribution in [0.4, 0.5) is 13.2 Å². The number of nitrogens with zero attached hydrogens (tertiary/aromatic N) is 5. The molecule has 1 amide bonds. The summed E-state index contributed by atoms with van der Waals surface area (Å²) in [6.07, 6.45) is -3.53. The summed E-state index contributed by atoms with van der Waals surface area (Å²) in [4.78, 5) is 22.0. The van der Waals surface area contributed by atoms with E-state index in [1.165, 1.54) is 20.2 Å². The van der Waals surface area contributed by atoms with E-state index in [1.54, 1.807) is 29.2 Å². The minimum absolute atomic E-state index is 0.0254. The number of hydrogen-bond donors (Lipinski definition) is 0. The topological polar surface area (TPSA) is 63.0 Å². The van der Waals surface area contributed by atoms with Crippen molar-refractivity contribution in [3.05, 3.63) is 89.8 Å². The first-order valence-corrected chi connectivity index (χ1v) is 12.5. The second-order valence-electron chi connectivity index (χ2n) is 9.56. The van der Waals surface area contributed by atoms with Gasteiger partial charge < -0.3 is 14.5 Å². The summed E-state index contributed by atoms with van der Waals surface area (Å²) in [5, 5.41) is 3.97. The number of alkyl halides is 3. The van der Waals surface area contributed by atoms with Crippen LogP contribution in [0, 0.1) is 6.92 Å². The molecule has 2 aromatic heterocycles. The molecule has 1 aliphatic rings. The van der Waals surface area contributed by atoms with Crippen molar-refractivity contribution in [1.29, 1.82) is 0 Å². The molecule has 39 heavy (non-hydrogen) atoms. The number of fused-ring (bicyclic) bond motifs is 1. The maximum Gasteiger partial charge on any atom is 0.433 e. The Labute approximate surface area is 224 Å². The quantitative estimate of drug-likeness (QED) is 0.335. The molecule has 1 atom stereocenters. The summed E-state index contributed by atoms with van der Waals surface area (Å²) < 4.78 is 48.7. The smallest absolute Gasteiger partial charge is 0.433 e. The van der Waals surface area contributed by atoms with Gasteiger partial charge >= 0.3 is 6.18 Å². The summed E-state index contributed by atoms with van der Waals surface area (Å²) in [6.45, 7) is 8.95. The Morgan fingerprint density at radius 3 is 2.38 bits per heavy atom. The number of methoxy groups -OCH3 is 1. The van der Waals surface area contributed by atoms with Crippen LogP contribution in [0.3, 0.4) is 0 Å². The number of benzene rings is 2. The molecule has 3 heterocycles. The second kappa shape index (κ2) is 10.1.